The third-order valence-electron chi connectivity index (χ3n) is 4.75. The second-order valence-electron chi connectivity index (χ2n) is 6.32. The molecule has 0 radical (unpaired) electrons. The molecule has 1 aromatic heterocycles. The number of hydrogen-bond acceptors (Lipinski definition) is 4. The van der Waals surface area contributed by atoms with Gasteiger partial charge in [-0.05, 0) is 36.8 Å². The summed E-state index contributed by atoms with van der Waals surface area (Å²) in [6.07, 6.45) is 0. The van der Waals surface area contributed by atoms with Gasteiger partial charge in [-0.2, -0.15) is 5.26 Å². The Balaban J connectivity index is 2.15. The molecule has 142 valence electrons. The van der Waals surface area contributed by atoms with Crippen molar-refractivity contribution in [2.75, 3.05) is 14.2 Å². The van der Waals surface area contributed by atoms with Gasteiger partial charge in [0.25, 0.3) is 5.91 Å². The number of primary amides is 1. The van der Waals surface area contributed by atoms with E-state index in [1.54, 1.807) is 32.4 Å². The number of benzene rings is 2. The Morgan fingerprint density at radius 2 is 1.86 bits per heavy atom. The Hall–Kier alpha value is -3.72. The van der Waals surface area contributed by atoms with E-state index in [2.05, 4.69) is 6.07 Å². The number of methoxy groups -OCH3 is 2. The fraction of sp³-hybridized carbons (Fsp3) is 0.182. The lowest BCUT2D eigenvalue weighted by molar-refractivity contribution is 0.0999. The highest BCUT2D eigenvalue weighted by atomic mass is 16.5. The van der Waals surface area contributed by atoms with Crippen molar-refractivity contribution in [3.05, 3.63) is 70.9 Å². The van der Waals surface area contributed by atoms with E-state index in [0.29, 0.717) is 29.2 Å². The molecule has 0 aliphatic rings. The maximum atomic E-state index is 11.9. The molecule has 1 heterocycles. The van der Waals surface area contributed by atoms with Crippen LogP contribution in [0, 0.1) is 18.3 Å². The first-order chi connectivity index (χ1) is 13.5. The van der Waals surface area contributed by atoms with Gasteiger partial charge in [-0.15, -0.1) is 0 Å². The fourth-order valence-corrected chi connectivity index (χ4v) is 3.30. The Morgan fingerprint density at radius 1 is 1.14 bits per heavy atom. The van der Waals surface area contributed by atoms with Gasteiger partial charge in [-0.1, -0.05) is 24.3 Å². The predicted molar refractivity (Wildman–Crippen MR) is 106 cm³/mol. The molecule has 28 heavy (non-hydrogen) atoms. The molecule has 0 saturated carbocycles. The second-order valence-corrected chi connectivity index (χ2v) is 6.32. The summed E-state index contributed by atoms with van der Waals surface area (Å²) >= 11 is 0. The highest BCUT2D eigenvalue weighted by molar-refractivity contribution is 5.95. The summed E-state index contributed by atoms with van der Waals surface area (Å²) in [6.45, 7) is 2.33. The minimum absolute atomic E-state index is 0.459. The molecule has 3 aromatic rings. The molecule has 0 aliphatic heterocycles. The molecule has 0 saturated heterocycles. The number of nitrogens with two attached hydrogens (primary N) is 1. The molecule has 2 N–H and O–H groups in total. The molecular weight excluding hydrogens is 354 g/mol. The van der Waals surface area contributed by atoms with Crippen LogP contribution in [-0.2, 0) is 6.54 Å². The molecular formula is C22H21N3O3. The van der Waals surface area contributed by atoms with E-state index in [0.717, 1.165) is 22.5 Å². The summed E-state index contributed by atoms with van der Waals surface area (Å²) in [5, 5.41) is 9.03. The molecule has 0 unspecified atom stereocenters. The third kappa shape index (κ3) is 3.42. The second kappa shape index (κ2) is 7.89. The first-order valence-corrected chi connectivity index (χ1v) is 8.70. The van der Waals surface area contributed by atoms with Crippen molar-refractivity contribution in [1.29, 1.82) is 5.26 Å². The summed E-state index contributed by atoms with van der Waals surface area (Å²) in [4.78, 5) is 11.9. The van der Waals surface area contributed by atoms with E-state index in [1.807, 2.05) is 41.8 Å². The Bertz CT molecular complexity index is 1060. The van der Waals surface area contributed by atoms with E-state index in [-0.39, 0.29) is 0 Å². The van der Waals surface area contributed by atoms with Crippen LogP contribution in [0.1, 0.15) is 27.2 Å². The topological polar surface area (TPSA) is 90.3 Å². The first kappa shape index (κ1) is 19.1. The first-order valence-electron chi connectivity index (χ1n) is 8.70. The Labute approximate surface area is 163 Å². The maximum absolute atomic E-state index is 11.9. The molecule has 2 aromatic carbocycles. The number of rotatable bonds is 6. The minimum atomic E-state index is -0.483. The number of carbonyl (C=O) groups is 1. The van der Waals surface area contributed by atoms with Gasteiger partial charge < -0.3 is 19.8 Å². The molecule has 6 nitrogen and oxygen atoms in total. The number of hydrogen-bond donors (Lipinski definition) is 1. The standard InChI is InChI=1S/C22H21N3O3/c1-14-18(22(24)26)11-19(16-9-7-15(12-23)8-10-16)25(14)13-17-5-4-6-20(27-2)21(17)28-3/h4-11H,13H2,1-3H3,(H2,24,26). The van der Waals surface area contributed by atoms with Crippen LogP contribution < -0.4 is 15.2 Å². The maximum Gasteiger partial charge on any atom is 0.250 e. The summed E-state index contributed by atoms with van der Waals surface area (Å²) in [7, 11) is 3.19. The zero-order chi connectivity index (χ0) is 20.3. The molecule has 0 aliphatic carbocycles. The van der Waals surface area contributed by atoms with Crippen LogP contribution in [0.2, 0.25) is 0 Å². The number of para-hydroxylation sites is 1. The number of amides is 1. The van der Waals surface area contributed by atoms with Crippen molar-refractivity contribution in [2.45, 2.75) is 13.5 Å². The van der Waals surface area contributed by atoms with Crippen molar-refractivity contribution >= 4 is 5.91 Å². The monoisotopic (exact) mass is 375 g/mol. The third-order valence-corrected chi connectivity index (χ3v) is 4.75. The zero-order valence-corrected chi connectivity index (χ0v) is 16.0. The van der Waals surface area contributed by atoms with E-state index < -0.39 is 5.91 Å². The van der Waals surface area contributed by atoms with Crippen molar-refractivity contribution in [1.82, 2.24) is 4.57 Å². The zero-order valence-electron chi connectivity index (χ0n) is 16.0. The molecule has 1 amide bonds. The fourth-order valence-electron chi connectivity index (χ4n) is 3.30. The number of carbonyl (C=O) groups excluding carboxylic acids is 1. The summed E-state index contributed by atoms with van der Waals surface area (Å²) in [5.41, 5.74) is 10.00. The van der Waals surface area contributed by atoms with Crippen LogP contribution in [0.3, 0.4) is 0 Å². The van der Waals surface area contributed by atoms with Crippen molar-refractivity contribution in [2.24, 2.45) is 5.73 Å². The number of nitrogens with zero attached hydrogens (tertiary/aromatic N) is 2. The van der Waals surface area contributed by atoms with E-state index >= 15 is 0 Å². The highest BCUT2D eigenvalue weighted by Gasteiger charge is 2.19. The molecule has 0 fully saturated rings. The van der Waals surface area contributed by atoms with Gasteiger partial charge in [0.05, 0.1) is 38.0 Å². The quantitative estimate of drug-likeness (QED) is 0.714. The van der Waals surface area contributed by atoms with Crippen LogP contribution in [0.5, 0.6) is 11.5 Å². The predicted octanol–water partition coefficient (Wildman–Crippen LogP) is 3.50. The van der Waals surface area contributed by atoms with Gasteiger partial charge in [-0.25, -0.2) is 0 Å². The smallest absolute Gasteiger partial charge is 0.250 e. The largest absolute Gasteiger partial charge is 0.493 e. The summed E-state index contributed by atoms with van der Waals surface area (Å²) in [5.74, 6) is 0.799. The lowest BCUT2D eigenvalue weighted by Gasteiger charge is -2.16. The van der Waals surface area contributed by atoms with E-state index in [1.165, 1.54) is 0 Å². The molecule has 0 atom stereocenters. The Kier molecular flexibility index (Phi) is 5.37. The van der Waals surface area contributed by atoms with Crippen molar-refractivity contribution in [3.63, 3.8) is 0 Å². The Morgan fingerprint density at radius 3 is 2.43 bits per heavy atom. The highest BCUT2D eigenvalue weighted by Crippen LogP contribution is 2.34. The van der Waals surface area contributed by atoms with Gasteiger partial charge in [0.1, 0.15) is 0 Å². The van der Waals surface area contributed by atoms with Gasteiger partial charge in [0.15, 0.2) is 11.5 Å². The van der Waals surface area contributed by atoms with Crippen molar-refractivity contribution in [3.8, 4) is 28.8 Å². The van der Waals surface area contributed by atoms with Crippen LogP contribution in [0.15, 0.2) is 48.5 Å². The van der Waals surface area contributed by atoms with Crippen LogP contribution in [-0.4, -0.2) is 24.7 Å². The average molecular weight is 375 g/mol. The van der Waals surface area contributed by atoms with Gasteiger partial charge in [0.2, 0.25) is 0 Å². The summed E-state index contributed by atoms with van der Waals surface area (Å²) < 4.78 is 12.9. The number of nitriles is 1. The minimum Gasteiger partial charge on any atom is -0.493 e. The SMILES string of the molecule is COc1cccc(Cn2c(-c3ccc(C#N)cc3)cc(C(N)=O)c2C)c1OC. The van der Waals surface area contributed by atoms with Gasteiger partial charge in [-0.3, -0.25) is 4.79 Å². The normalized spacial score (nSPS) is 10.4. The molecule has 6 heteroatoms. The molecule has 0 spiro atoms. The van der Waals surface area contributed by atoms with Gasteiger partial charge >= 0.3 is 0 Å². The van der Waals surface area contributed by atoms with Crippen molar-refractivity contribution < 1.29 is 14.3 Å². The molecule has 0 bridgehead atoms. The number of aromatic nitrogens is 1. The summed E-state index contributed by atoms with van der Waals surface area (Å²) in [6, 6.07) is 16.8. The van der Waals surface area contributed by atoms with E-state index in [4.69, 9.17) is 20.5 Å². The van der Waals surface area contributed by atoms with E-state index in [9.17, 15) is 4.79 Å². The average Bonchev–Trinajstić information content (AvgIpc) is 3.04. The van der Waals surface area contributed by atoms with Gasteiger partial charge in [0, 0.05) is 17.0 Å². The van der Waals surface area contributed by atoms with Crippen LogP contribution in [0.4, 0.5) is 0 Å². The lowest BCUT2D eigenvalue weighted by Crippen LogP contribution is -2.13. The van der Waals surface area contributed by atoms with Crippen LogP contribution >= 0.6 is 0 Å². The number of ether oxygens (including phenoxy) is 2. The molecule has 3 rings (SSSR count). The lowest BCUT2D eigenvalue weighted by atomic mass is 10.1. The van der Waals surface area contributed by atoms with Crippen LogP contribution in [0.25, 0.3) is 11.3 Å².